The van der Waals surface area contributed by atoms with Gasteiger partial charge in [0.25, 0.3) is 0 Å². The van der Waals surface area contributed by atoms with E-state index in [9.17, 15) is 0 Å². The quantitative estimate of drug-likeness (QED) is 0.328. The predicted molar refractivity (Wildman–Crippen MR) is 85.5 cm³/mol. The first-order valence-electron chi connectivity index (χ1n) is 6.99. The predicted octanol–water partition coefficient (Wildman–Crippen LogP) is 2.27. The van der Waals surface area contributed by atoms with Crippen LogP contribution in [0.3, 0.4) is 0 Å². The zero-order chi connectivity index (χ0) is 11.9. The van der Waals surface area contributed by atoms with Crippen LogP contribution in [-0.4, -0.2) is 31.8 Å². The summed E-state index contributed by atoms with van der Waals surface area (Å²) in [6, 6.07) is 0.542. The van der Waals surface area contributed by atoms with Gasteiger partial charge < -0.3 is 15.8 Å². The molecule has 0 radical (unpaired) electrons. The summed E-state index contributed by atoms with van der Waals surface area (Å²) in [6.07, 6.45) is 9.14. The van der Waals surface area contributed by atoms with E-state index in [0.29, 0.717) is 25.2 Å². The smallest absolute Gasteiger partial charge is 0.188 e. The number of halogens is 1. The molecule has 0 heterocycles. The number of hydrogen-bond donors (Lipinski definition) is 2. The molecule has 2 aliphatic carbocycles. The number of ether oxygens (including phenoxy) is 1. The molecule has 2 aliphatic rings. The number of nitrogens with zero attached hydrogens (tertiary/aromatic N) is 1. The Balaban J connectivity index is 0.00000162. The maximum absolute atomic E-state index is 5.84. The lowest BCUT2D eigenvalue weighted by atomic mass is 9.96. The number of rotatable bonds is 6. The number of hydrogen-bond acceptors (Lipinski definition) is 2. The summed E-state index contributed by atoms with van der Waals surface area (Å²) in [6.45, 7) is 2.29. The van der Waals surface area contributed by atoms with Crippen LogP contribution in [0.1, 0.15) is 44.9 Å². The number of guanidine groups is 1. The van der Waals surface area contributed by atoms with Crippen LogP contribution in [0.25, 0.3) is 0 Å². The Hall–Kier alpha value is -0.0400. The lowest BCUT2D eigenvalue weighted by Gasteiger charge is -2.23. The second-order valence-electron chi connectivity index (χ2n) is 5.26. The lowest BCUT2D eigenvalue weighted by molar-refractivity contribution is 0.132. The summed E-state index contributed by atoms with van der Waals surface area (Å²) in [4.78, 5) is 4.29. The van der Waals surface area contributed by atoms with Gasteiger partial charge in [0.05, 0.1) is 13.2 Å². The van der Waals surface area contributed by atoms with Gasteiger partial charge in [-0.3, -0.25) is 4.99 Å². The van der Waals surface area contributed by atoms with Gasteiger partial charge in [-0.2, -0.15) is 0 Å². The number of nitrogens with one attached hydrogen (secondary N) is 1. The summed E-state index contributed by atoms with van der Waals surface area (Å²) >= 11 is 0. The van der Waals surface area contributed by atoms with E-state index < -0.39 is 0 Å². The minimum atomic E-state index is 0. The molecule has 0 aromatic carbocycles. The van der Waals surface area contributed by atoms with Crippen molar-refractivity contribution < 1.29 is 4.74 Å². The van der Waals surface area contributed by atoms with E-state index in [-0.39, 0.29) is 24.0 Å². The van der Waals surface area contributed by atoms with Gasteiger partial charge in [-0.25, -0.2) is 0 Å². The normalized spacial score (nSPS) is 21.4. The Kier molecular flexibility index (Phi) is 7.97. The first-order valence-corrected chi connectivity index (χ1v) is 6.99. The fourth-order valence-electron chi connectivity index (χ4n) is 2.27. The van der Waals surface area contributed by atoms with E-state index >= 15 is 0 Å². The summed E-state index contributed by atoms with van der Waals surface area (Å²) < 4.78 is 5.51. The van der Waals surface area contributed by atoms with Crippen LogP contribution in [0, 0.1) is 5.92 Å². The molecule has 2 saturated carbocycles. The number of aliphatic imine (C=N–C) groups is 1. The van der Waals surface area contributed by atoms with Crippen LogP contribution in [0.4, 0.5) is 0 Å². The standard InChI is InChI=1S/C13H25N3O.HI/c14-13(16-12-4-2-1-3-5-12)15-8-9-17-10-11-6-7-11;/h11-12H,1-10H2,(H3,14,15,16);1H. The molecular formula is C13H26IN3O. The second kappa shape index (κ2) is 8.96. The van der Waals surface area contributed by atoms with E-state index in [2.05, 4.69) is 10.3 Å². The molecule has 0 unspecified atom stereocenters. The Bertz CT molecular complexity index is 251. The third-order valence-electron chi connectivity index (χ3n) is 3.53. The zero-order valence-electron chi connectivity index (χ0n) is 11.1. The fraction of sp³-hybridized carbons (Fsp3) is 0.923. The van der Waals surface area contributed by atoms with Crippen LogP contribution in [-0.2, 0) is 4.74 Å². The van der Waals surface area contributed by atoms with Gasteiger partial charge in [-0.1, -0.05) is 19.3 Å². The molecule has 0 atom stereocenters. The van der Waals surface area contributed by atoms with Gasteiger partial charge in [0.1, 0.15) is 0 Å². The van der Waals surface area contributed by atoms with Gasteiger partial charge >= 0.3 is 0 Å². The topological polar surface area (TPSA) is 59.6 Å². The molecule has 3 N–H and O–H groups in total. The van der Waals surface area contributed by atoms with E-state index in [1.165, 1.54) is 44.9 Å². The summed E-state index contributed by atoms with van der Waals surface area (Å²) in [5.41, 5.74) is 5.84. The third-order valence-corrected chi connectivity index (χ3v) is 3.53. The van der Waals surface area contributed by atoms with E-state index in [1.807, 2.05) is 0 Å². The highest BCUT2D eigenvalue weighted by Crippen LogP contribution is 2.28. The molecule has 0 bridgehead atoms. The van der Waals surface area contributed by atoms with Gasteiger partial charge in [0, 0.05) is 12.6 Å². The largest absolute Gasteiger partial charge is 0.379 e. The molecule has 0 aromatic rings. The Morgan fingerprint density at radius 2 is 1.89 bits per heavy atom. The van der Waals surface area contributed by atoms with Gasteiger partial charge in [-0.05, 0) is 31.6 Å². The molecule has 0 saturated heterocycles. The van der Waals surface area contributed by atoms with Crippen LogP contribution >= 0.6 is 24.0 Å². The molecule has 0 aromatic heterocycles. The summed E-state index contributed by atoms with van der Waals surface area (Å²) in [5.74, 6) is 1.42. The molecule has 2 rings (SSSR count). The molecule has 106 valence electrons. The van der Waals surface area contributed by atoms with Crippen LogP contribution in [0.2, 0.25) is 0 Å². The van der Waals surface area contributed by atoms with Crippen molar-refractivity contribution in [1.82, 2.24) is 5.32 Å². The van der Waals surface area contributed by atoms with Gasteiger partial charge in [-0.15, -0.1) is 24.0 Å². The SMILES string of the molecule is I.NC(=NCCOCC1CC1)NC1CCCCC1. The molecule has 0 spiro atoms. The van der Waals surface area contributed by atoms with E-state index in [1.54, 1.807) is 0 Å². The van der Waals surface area contributed by atoms with Crippen molar-refractivity contribution in [2.75, 3.05) is 19.8 Å². The average Bonchev–Trinajstić information content (AvgIpc) is 3.14. The maximum atomic E-state index is 5.84. The molecule has 18 heavy (non-hydrogen) atoms. The van der Waals surface area contributed by atoms with Crippen molar-refractivity contribution in [3.63, 3.8) is 0 Å². The monoisotopic (exact) mass is 367 g/mol. The van der Waals surface area contributed by atoms with E-state index in [4.69, 9.17) is 10.5 Å². The van der Waals surface area contributed by atoms with Crippen LogP contribution < -0.4 is 11.1 Å². The Morgan fingerprint density at radius 1 is 1.17 bits per heavy atom. The Morgan fingerprint density at radius 3 is 2.56 bits per heavy atom. The van der Waals surface area contributed by atoms with Crippen molar-refractivity contribution in [2.24, 2.45) is 16.6 Å². The molecule has 0 aliphatic heterocycles. The fourth-order valence-corrected chi connectivity index (χ4v) is 2.27. The molecule has 2 fully saturated rings. The van der Waals surface area contributed by atoms with Crippen molar-refractivity contribution in [3.8, 4) is 0 Å². The first-order chi connectivity index (χ1) is 8.34. The highest BCUT2D eigenvalue weighted by molar-refractivity contribution is 14.0. The van der Waals surface area contributed by atoms with Crippen LogP contribution in [0.5, 0.6) is 0 Å². The second-order valence-corrected chi connectivity index (χ2v) is 5.26. The highest BCUT2D eigenvalue weighted by Gasteiger charge is 2.20. The summed E-state index contributed by atoms with van der Waals surface area (Å²) in [7, 11) is 0. The average molecular weight is 367 g/mol. The van der Waals surface area contributed by atoms with Crippen molar-refractivity contribution in [2.45, 2.75) is 51.0 Å². The highest BCUT2D eigenvalue weighted by atomic mass is 127. The van der Waals surface area contributed by atoms with Crippen molar-refractivity contribution in [3.05, 3.63) is 0 Å². The third kappa shape index (κ3) is 6.78. The van der Waals surface area contributed by atoms with Crippen molar-refractivity contribution >= 4 is 29.9 Å². The minimum Gasteiger partial charge on any atom is -0.379 e. The summed E-state index contributed by atoms with van der Waals surface area (Å²) in [5, 5.41) is 3.30. The first kappa shape index (κ1) is 16.0. The number of nitrogens with two attached hydrogens (primary N) is 1. The van der Waals surface area contributed by atoms with Crippen molar-refractivity contribution in [1.29, 1.82) is 0 Å². The van der Waals surface area contributed by atoms with Gasteiger partial charge in [0.15, 0.2) is 5.96 Å². The molecular weight excluding hydrogens is 341 g/mol. The lowest BCUT2D eigenvalue weighted by Crippen LogP contribution is -2.41. The zero-order valence-corrected chi connectivity index (χ0v) is 13.4. The minimum absolute atomic E-state index is 0. The molecule has 5 heteroatoms. The van der Waals surface area contributed by atoms with E-state index in [0.717, 1.165) is 12.5 Å². The molecule has 4 nitrogen and oxygen atoms in total. The maximum Gasteiger partial charge on any atom is 0.188 e. The molecule has 0 amide bonds. The van der Waals surface area contributed by atoms with Gasteiger partial charge in [0.2, 0.25) is 0 Å². The Labute approximate surface area is 127 Å². The van der Waals surface area contributed by atoms with Crippen LogP contribution in [0.15, 0.2) is 4.99 Å².